The predicted octanol–water partition coefficient (Wildman–Crippen LogP) is 3.74. The number of hydrogen-bond donors (Lipinski definition) is 1. The van der Waals surface area contributed by atoms with Gasteiger partial charge < -0.3 is 10.2 Å². The molecular formula is C21H30N2O2. The fraction of sp³-hybridized carbons (Fsp3) is 0.619. The molecule has 1 aromatic carbocycles. The van der Waals surface area contributed by atoms with E-state index < -0.39 is 0 Å². The van der Waals surface area contributed by atoms with Crippen molar-refractivity contribution < 1.29 is 9.59 Å². The Morgan fingerprint density at radius 2 is 1.88 bits per heavy atom. The Hall–Kier alpha value is -1.84. The first kappa shape index (κ1) is 18.0. The van der Waals surface area contributed by atoms with Gasteiger partial charge in [-0.2, -0.15) is 0 Å². The SMILES string of the molecule is CCC1CCC(NC(=O)[C@@H]2CC(=O)N(c3ccc(C)c(C)c3)C2)CC1. The molecule has 0 radical (unpaired) electrons. The molecule has 0 spiro atoms. The number of anilines is 1. The lowest BCUT2D eigenvalue weighted by atomic mass is 9.84. The third-order valence-electron chi connectivity index (χ3n) is 6.07. The van der Waals surface area contributed by atoms with Crippen molar-refractivity contribution in [2.45, 2.75) is 65.3 Å². The molecule has 1 aromatic rings. The van der Waals surface area contributed by atoms with Crippen LogP contribution >= 0.6 is 0 Å². The minimum absolute atomic E-state index is 0.0538. The van der Waals surface area contributed by atoms with E-state index in [9.17, 15) is 9.59 Å². The number of rotatable bonds is 4. The first-order valence-electron chi connectivity index (χ1n) is 9.66. The van der Waals surface area contributed by atoms with E-state index in [0.717, 1.165) is 24.4 Å². The number of nitrogens with zero attached hydrogens (tertiary/aromatic N) is 1. The maximum absolute atomic E-state index is 12.6. The molecule has 2 fully saturated rings. The Balaban J connectivity index is 1.58. The molecule has 1 atom stereocenters. The highest BCUT2D eigenvalue weighted by Crippen LogP contribution is 2.29. The molecule has 0 bridgehead atoms. The van der Waals surface area contributed by atoms with E-state index in [1.807, 2.05) is 18.2 Å². The van der Waals surface area contributed by atoms with Gasteiger partial charge in [-0.1, -0.05) is 19.4 Å². The average Bonchev–Trinajstić information content (AvgIpc) is 3.00. The van der Waals surface area contributed by atoms with Crippen LogP contribution in [-0.4, -0.2) is 24.4 Å². The van der Waals surface area contributed by atoms with Gasteiger partial charge >= 0.3 is 0 Å². The van der Waals surface area contributed by atoms with Crippen molar-refractivity contribution >= 4 is 17.5 Å². The number of aryl methyl sites for hydroxylation is 2. The quantitative estimate of drug-likeness (QED) is 0.906. The molecule has 136 valence electrons. The minimum atomic E-state index is -0.224. The van der Waals surface area contributed by atoms with Gasteiger partial charge in [0.05, 0.1) is 5.92 Å². The van der Waals surface area contributed by atoms with Gasteiger partial charge in [-0.15, -0.1) is 0 Å². The van der Waals surface area contributed by atoms with E-state index in [-0.39, 0.29) is 17.7 Å². The average molecular weight is 342 g/mol. The van der Waals surface area contributed by atoms with Crippen molar-refractivity contribution in [2.75, 3.05) is 11.4 Å². The molecule has 4 heteroatoms. The fourth-order valence-electron chi connectivity index (χ4n) is 4.06. The zero-order chi connectivity index (χ0) is 18.0. The van der Waals surface area contributed by atoms with Gasteiger partial charge in [0.2, 0.25) is 11.8 Å². The summed E-state index contributed by atoms with van der Waals surface area (Å²) < 4.78 is 0. The van der Waals surface area contributed by atoms with Gasteiger partial charge in [-0.3, -0.25) is 9.59 Å². The molecule has 4 nitrogen and oxygen atoms in total. The van der Waals surface area contributed by atoms with Crippen LogP contribution in [0.3, 0.4) is 0 Å². The van der Waals surface area contributed by atoms with E-state index in [1.54, 1.807) is 4.90 Å². The molecule has 25 heavy (non-hydrogen) atoms. The van der Waals surface area contributed by atoms with Crippen LogP contribution in [-0.2, 0) is 9.59 Å². The molecular weight excluding hydrogens is 312 g/mol. The van der Waals surface area contributed by atoms with Crippen molar-refractivity contribution in [3.8, 4) is 0 Å². The van der Waals surface area contributed by atoms with Crippen molar-refractivity contribution in [2.24, 2.45) is 11.8 Å². The highest BCUT2D eigenvalue weighted by molar-refractivity contribution is 6.00. The Morgan fingerprint density at radius 3 is 2.52 bits per heavy atom. The van der Waals surface area contributed by atoms with Gasteiger partial charge in [0.15, 0.2) is 0 Å². The van der Waals surface area contributed by atoms with Gasteiger partial charge in [0.25, 0.3) is 0 Å². The van der Waals surface area contributed by atoms with Crippen molar-refractivity contribution in [1.82, 2.24) is 5.32 Å². The number of carbonyl (C=O) groups excluding carboxylic acids is 2. The molecule has 0 unspecified atom stereocenters. The number of nitrogens with one attached hydrogen (secondary N) is 1. The van der Waals surface area contributed by atoms with E-state index in [1.165, 1.54) is 30.4 Å². The standard InChI is InChI=1S/C21H30N2O2/c1-4-16-6-8-18(9-7-16)22-21(25)17-12-20(24)23(13-17)19-10-5-14(2)15(3)11-19/h5,10-11,16-18H,4,6-9,12-13H2,1-3H3,(H,22,25)/t16?,17-,18?/m1/s1. The molecule has 2 aliphatic rings. The zero-order valence-electron chi connectivity index (χ0n) is 15.7. The number of carbonyl (C=O) groups is 2. The maximum atomic E-state index is 12.6. The molecule has 0 aromatic heterocycles. The lowest BCUT2D eigenvalue weighted by Crippen LogP contribution is -2.41. The summed E-state index contributed by atoms with van der Waals surface area (Å²) in [5.74, 6) is 0.706. The molecule has 1 saturated heterocycles. The van der Waals surface area contributed by atoms with Gasteiger partial charge in [-0.05, 0) is 68.7 Å². The van der Waals surface area contributed by atoms with Crippen LogP contribution in [0.4, 0.5) is 5.69 Å². The van der Waals surface area contributed by atoms with E-state index in [0.29, 0.717) is 19.0 Å². The van der Waals surface area contributed by atoms with Crippen LogP contribution < -0.4 is 10.2 Å². The highest BCUT2D eigenvalue weighted by atomic mass is 16.2. The topological polar surface area (TPSA) is 49.4 Å². The van der Waals surface area contributed by atoms with E-state index >= 15 is 0 Å². The molecule has 1 aliphatic carbocycles. The largest absolute Gasteiger partial charge is 0.353 e. The van der Waals surface area contributed by atoms with Crippen molar-refractivity contribution in [3.05, 3.63) is 29.3 Å². The molecule has 1 N–H and O–H groups in total. The minimum Gasteiger partial charge on any atom is -0.353 e. The van der Waals surface area contributed by atoms with Crippen LogP contribution in [0.25, 0.3) is 0 Å². The van der Waals surface area contributed by atoms with Crippen LogP contribution in [0.5, 0.6) is 0 Å². The second kappa shape index (κ2) is 7.59. The van der Waals surface area contributed by atoms with Crippen LogP contribution in [0.2, 0.25) is 0 Å². The molecule has 2 amide bonds. The summed E-state index contributed by atoms with van der Waals surface area (Å²) in [4.78, 5) is 26.8. The summed E-state index contributed by atoms with van der Waals surface area (Å²) in [7, 11) is 0. The monoisotopic (exact) mass is 342 g/mol. The second-order valence-corrected chi connectivity index (χ2v) is 7.81. The van der Waals surface area contributed by atoms with Gasteiger partial charge in [0.1, 0.15) is 0 Å². The van der Waals surface area contributed by atoms with Gasteiger partial charge in [-0.25, -0.2) is 0 Å². The molecule has 3 rings (SSSR count). The smallest absolute Gasteiger partial charge is 0.227 e. The number of benzene rings is 1. The third-order valence-corrected chi connectivity index (χ3v) is 6.07. The summed E-state index contributed by atoms with van der Waals surface area (Å²) >= 11 is 0. The summed E-state index contributed by atoms with van der Waals surface area (Å²) in [5.41, 5.74) is 3.30. The van der Waals surface area contributed by atoms with Crippen molar-refractivity contribution in [1.29, 1.82) is 0 Å². The highest BCUT2D eigenvalue weighted by Gasteiger charge is 2.36. The lowest BCUT2D eigenvalue weighted by Gasteiger charge is -2.29. The molecule has 1 aliphatic heterocycles. The normalized spacial score (nSPS) is 26.8. The summed E-state index contributed by atoms with van der Waals surface area (Å²) in [6.45, 7) is 6.86. The van der Waals surface area contributed by atoms with Crippen LogP contribution in [0.15, 0.2) is 18.2 Å². The summed E-state index contributed by atoms with van der Waals surface area (Å²) in [6, 6.07) is 6.35. The summed E-state index contributed by atoms with van der Waals surface area (Å²) in [6.07, 6.45) is 6.13. The van der Waals surface area contributed by atoms with Crippen LogP contribution in [0, 0.1) is 25.7 Å². The van der Waals surface area contributed by atoms with Crippen LogP contribution in [0.1, 0.15) is 56.6 Å². The van der Waals surface area contributed by atoms with Gasteiger partial charge in [0, 0.05) is 24.7 Å². The number of hydrogen-bond acceptors (Lipinski definition) is 2. The second-order valence-electron chi connectivity index (χ2n) is 7.81. The van der Waals surface area contributed by atoms with E-state index in [4.69, 9.17) is 0 Å². The maximum Gasteiger partial charge on any atom is 0.227 e. The first-order valence-corrected chi connectivity index (χ1v) is 9.66. The predicted molar refractivity (Wildman–Crippen MR) is 101 cm³/mol. The van der Waals surface area contributed by atoms with E-state index in [2.05, 4.69) is 26.1 Å². The number of amides is 2. The van der Waals surface area contributed by atoms with Crippen molar-refractivity contribution in [3.63, 3.8) is 0 Å². The summed E-state index contributed by atoms with van der Waals surface area (Å²) in [5, 5.41) is 3.20. The Labute approximate surface area is 151 Å². The molecule has 1 saturated carbocycles. The fourth-order valence-corrected chi connectivity index (χ4v) is 4.06. The Kier molecular flexibility index (Phi) is 5.45. The zero-order valence-corrected chi connectivity index (χ0v) is 15.7. The molecule has 1 heterocycles. The third kappa shape index (κ3) is 4.05. The lowest BCUT2D eigenvalue weighted by molar-refractivity contribution is -0.127. The Bertz CT molecular complexity index is 647. The Morgan fingerprint density at radius 1 is 1.16 bits per heavy atom. The first-order chi connectivity index (χ1) is 12.0.